The lowest BCUT2D eigenvalue weighted by Gasteiger charge is -2.32. The monoisotopic (exact) mass is 738 g/mol. The molecular weight excluding hydrogens is 712 g/mol. The molecule has 0 saturated heterocycles. The predicted octanol–water partition coefficient (Wildman–Crippen LogP) is 13.5. The van der Waals surface area contributed by atoms with Gasteiger partial charge >= 0.3 is 5.27 Å². The van der Waals surface area contributed by atoms with Gasteiger partial charge in [-0.15, -0.1) is 11.3 Å². The predicted molar refractivity (Wildman–Crippen MR) is 236 cm³/mol. The number of fused-ring (bicyclic) bond motifs is 16. The van der Waals surface area contributed by atoms with Crippen molar-refractivity contribution in [2.45, 2.75) is 9.79 Å². The van der Waals surface area contributed by atoms with Gasteiger partial charge in [-0.05, 0) is 82.3 Å². The summed E-state index contributed by atoms with van der Waals surface area (Å²) in [6.45, 7) is 0. The van der Waals surface area contributed by atoms with Crippen molar-refractivity contribution in [3.8, 4) is 33.6 Å². The zero-order valence-electron chi connectivity index (χ0n) is 28.8. The van der Waals surface area contributed by atoms with Gasteiger partial charge in [0, 0.05) is 58.2 Å². The van der Waals surface area contributed by atoms with Crippen molar-refractivity contribution in [1.82, 2.24) is 9.13 Å². The van der Waals surface area contributed by atoms with Crippen LogP contribution in [0.3, 0.4) is 0 Å². The Morgan fingerprint density at radius 1 is 0.407 bits per heavy atom. The molecule has 11 aromatic rings. The molecule has 13 rings (SSSR count). The molecule has 0 saturated carbocycles. The van der Waals surface area contributed by atoms with Crippen molar-refractivity contribution in [2.75, 3.05) is 0 Å². The summed E-state index contributed by atoms with van der Waals surface area (Å²) in [5, 5.41) is 8.14. The Bertz CT molecular complexity index is 3340. The Balaban J connectivity index is 1.28. The molecule has 0 aliphatic carbocycles. The van der Waals surface area contributed by atoms with E-state index in [0.717, 1.165) is 0 Å². The zero-order valence-corrected chi connectivity index (χ0v) is 31.2. The summed E-state index contributed by atoms with van der Waals surface area (Å²) in [4.78, 5) is 2.71. The summed E-state index contributed by atoms with van der Waals surface area (Å²) >= 11 is 5.93. The smallest absolute Gasteiger partial charge is 0.308 e. The van der Waals surface area contributed by atoms with Crippen molar-refractivity contribution in [3.63, 3.8) is 0 Å². The van der Waals surface area contributed by atoms with Crippen molar-refractivity contribution in [1.29, 1.82) is 0 Å². The van der Waals surface area contributed by atoms with E-state index in [2.05, 4.69) is 173 Å². The molecular formula is C48H27BN2S3. The van der Waals surface area contributed by atoms with Gasteiger partial charge in [0.15, 0.2) is 0 Å². The van der Waals surface area contributed by atoms with Crippen LogP contribution in [0.4, 0.5) is 0 Å². The number of hydrogen-bond acceptors (Lipinski definition) is 3. The van der Waals surface area contributed by atoms with E-state index in [1.807, 2.05) is 34.6 Å². The molecule has 2 aliphatic rings. The van der Waals surface area contributed by atoms with Crippen LogP contribution in [0, 0.1) is 0 Å². The minimum Gasteiger partial charge on any atom is -0.308 e. The second-order valence-corrected chi connectivity index (χ2v) is 17.9. The van der Waals surface area contributed by atoms with Gasteiger partial charge in [-0.25, -0.2) is 0 Å². The van der Waals surface area contributed by atoms with E-state index in [-0.39, 0.29) is 0 Å². The Morgan fingerprint density at radius 3 is 1.59 bits per heavy atom. The fourth-order valence-corrected chi connectivity index (χ4v) is 13.6. The highest BCUT2D eigenvalue weighted by Gasteiger charge is 2.37. The number of hydrogen-bond donors (Lipinski definition) is 0. The number of thiophene rings is 1. The molecule has 0 fully saturated rings. The first-order valence-electron chi connectivity index (χ1n) is 18.4. The lowest BCUT2D eigenvalue weighted by Crippen LogP contribution is -2.33. The summed E-state index contributed by atoms with van der Waals surface area (Å²) in [6, 6.07) is 61.1. The van der Waals surface area contributed by atoms with Gasteiger partial charge in [-0.1, -0.05) is 109 Å². The van der Waals surface area contributed by atoms with Gasteiger partial charge in [-0.2, -0.15) is 23.2 Å². The van der Waals surface area contributed by atoms with Crippen LogP contribution in [-0.4, -0.2) is 14.4 Å². The first-order chi connectivity index (χ1) is 26.8. The van der Waals surface area contributed by atoms with Crippen molar-refractivity contribution >= 4 is 109 Å². The quantitative estimate of drug-likeness (QED) is 0.163. The molecule has 0 unspecified atom stereocenters. The van der Waals surface area contributed by atoms with Crippen LogP contribution in [0.5, 0.6) is 0 Å². The maximum absolute atomic E-state index is 2.61. The molecule has 0 amide bonds. The van der Waals surface area contributed by atoms with E-state index < -0.39 is 0 Å². The molecule has 3 aromatic heterocycles. The molecule has 2 nitrogen and oxygen atoms in total. The molecule has 250 valence electrons. The maximum atomic E-state index is 2.61. The van der Waals surface area contributed by atoms with Crippen LogP contribution in [0.2, 0.25) is 0 Å². The Kier molecular flexibility index (Phi) is 6.04. The first-order valence-corrected chi connectivity index (χ1v) is 20.9. The number of rotatable bonds is 2. The molecule has 8 aromatic carbocycles. The maximum Gasteiger partial charge on any atom is 0.318 e. The number of para-hydroxylation sites is 3. The summed E-state index contributed by atoms with van der Waals surface area (Å²) in [7, 11) is 0. The third-order valence-electron chi connectivity index (χ3n) is 11.5. The summed E-state index contributed by atoms with van der Waals surface area (Å²) in [5.74, 6) is 0. The molecule has 0 spiro atoms. The van der Waals surface area contributed by atoms with Gasteiger partial charge in [0.2, 0.25) is 0 Å². The summed E-state index contributed by atoms with van der Waals surface area (Å²) < 4.78 is 7.76. The number of benzene rings is 8. The van der Waals surface area contributed by atoms with Gasteiger partial charge in [-0.3, -0.25) is 0 Å². The Morgan fingerprint density at radius 2 is 0.926 bits per heavy atom. The van der Waals surface area contributed by atoms with Gasteiger partial charge in [0.1, 0.15) is 0 Å². The molecule has 6 heteroatoms. The highest BCUT2D eigenvalue weighted by molar-refractivity contribution is 8.56. The standard InChI is InChI=1S/C48H27BN2S3/c1-2-14-28(15-3-1)50-37-21-9-5-19-33(37)43-42-32-18-4-10-22-38(32)51(46(42)44-34-20-8-11-23-39(34)52-48(44)47(43)50)29-26-35-30-16-6-12-24-40(30)53-49-45(35)36(27-29)31-17-7-13-25-41(31)54-49/h1-27H. The molecule has 0 bridgehead atoms. The van der Waals surface area contributed by atoms with Crippen LogP contribution in [0.25, 0.3) is 97.4 Å². The van der Waals surface area contributed by atoms with Crippen molar-refractivity contribution < 1.29 is 0 Å². The SMILES string of the molecule is c1ccc(-n2c3ccccc3c3c4c5ccccc5n(-c5cc6c7c(c5)-c5ccccc5SB7Sc5ccccc5-6)c4c4c5ccccc5sc4c32)cc1. The Labute approximate surface area is 323 Å². The second kappa shape index (κ2) is 11.0. The van der Waals surface area contributed by atoms with Gasteiger partial charge in [0.05, 0.1) is 26.8 Å². The lowest BCUT2D eigenvalue weighted by molar-refractivity contribution is 1.18. The largest absolute Gasteiger partial charge is 0.318 e. The third kappa shape index (κ3) is 3.85. The average molecular weight is 739 g/mol. The summed E-state index contributed by atoms with van der Waals surface area (Å²) in [6.07, 6.45) is 0. The fourth-order valence-electron chi connectivity index (χ4n) is 9.42. The van der Waals surface area contributed by atoms with Crippen LogP contribution in [0.1, 0.15) is 0 Å². The van der Waals surface area contributed by atoms with Crippen molar-refractivity contribution in [3.05, 3.63) is 164 Å². The number of aromatic nitrogens is 2. The van der Waals surface area contributed by atoms with Gasteiger partial charge < -0.3 is 9.13 Å². The minimum atomic E-state index is 0.309. The molecule has 0 N–H and O–H groups in total. The van der Waals surface area contributed by atoms with Crippen LogP contribution >= 0.6 is 34.6 Å². The highest BCUT2D eigenvalue weighted by Crippen LogP contribution is 2.53. The normalized spacial score (nSPS) is 13.4. The molecule has 0 atom stereocenters. The van der Waals surface area contributed by atoms with E-state index in [9.17, 15) is 0 Å². The molecule has 2 aliphatic heterocycles. The zero-order chi connectivity index (χ0) is 35.1. The van der Waals surface area contributed by atoms with E-state index >= 15 is 0 Å². The molecule has 5 heterocycles. The Hall–Kier alpha value is -5.66. The lowest BCUT2D eigenvalue weighted by atomic mass is 9.77. The average Bonchev–Trinajstić information content (AvgIpc) is 3.89. The van der Waals surface area contributed by atoms with Crippen LogP contribution in [0.15, 0.2) is 174 Å². The second-order valence-electron chi connectivity index (χ2n) is 14.3. The van der Waals surface area contributed by atoms with E-state index in [1.54, 1.807) is 0 Å². The third-order valence-corrected chi connectivity index (χ3v) is 15.4. The van der Waals surface area contributed by atoms with Crippen LogP contribution < -0.4 is 5.46 Å². The minimum absolute atomic E-state index is 0.309. The van der Waals surface area contributed by atoms with Gasteiger partial charge in [0.25, 0.3) is 0 Å². The first kappa shape index (κ1) is 29.8. The van der Waals surface area contributed by atoms with Crippen LogP contribution in [-0.2, 0) is 0 Å². The number of nitrogens with zero attached hydrogens (tertiary/aromatic N) is 2. The summed E-state index contributed by atoms with van der Waals surface area (Å²) in [5.41, 5.74) is 14.2. The molecule has 54 heavy (non-hydrogen) atoms. The van der Waals surface area contributed by atoms with E-state index in [4.69, 9.17) is 0 Å². The van der Waals surface area contributed by atoms with E-state index in [1.165, 1.54) is 113 Å². The van der Waals surface area contributed by atoms with Crippen molar-refractivity contribution in [2.24, 2.45) is 0 Å². The fraction of sp³-hybridized carbons (Fsp3) is 0. The topological polar surface area (TPSA) is 9.86 Å². The van der Waals surface area contributed by atoms with E-state index in [0.29, 0.717) is 5.27 Å². The molecule has 0 radical (unpaired) electrons. The highest BCUT2D eigenvalue weighted by atomic mass is 32.2.